The Hall–Kier alpha value is -3.01. The van der Waals surface area contributed by atoms with Crippen LogP contribution in [0.5, 0.6) is 0 Å². The first kappa shape index (κ1) is 21.8. The lowest BCUT2D eigenvalue weighted by molar-refractivity contribution is 0.0492. The summed E-state index contributed by atoms with van der Waals surface area (Å²) in [5.74, 6) is -0.642. The first-order valence-electron chi connectivity index (χ1n) is 10.9. The van der Waals surface area contributed by atoms with Crippen molar-refractivity contribution < 1.29 is 22.3 Å². The van der Waals surface area contributed by atoms with Gasteiger partial charge in [-0.15, -0.1) is 0 Å². The number of fused-ring (bicyclic) bond motifs is 1. The number of hydrogen-bond acceptors (Lipinski definition) is 6. The average Bonchev–Trinajstić information content (AvgIpc) is 3.35. The second kappa shape index (κ2) is 7.79. The molecular formula is C23H25FN4O4S. The molecule has 0 N–H and O–H groups in total. The van der Waals surface area contributed by atoms with Gasteiger partial charge in [-0.25, -0.2) is 17.6 Å². The van der Waals surface area contributed by atoms with Gasteiger partial charge < -0.3 is 9.64 Å². The lowest BCUT2D eigenvalue weighted by atomic mass is 10.1. The summed E-state index contributed by atoms with van der Waals surface area (Å²) in [6.07, 6.45) is 7.55. The Morgan fingerprint density at radius 3 is 2.55 bits per heavy atom. The maximum Gasteiger partial charge on any atom is 0.410 e. The van der Waals surface area contributed by atoms with E-state index in [1.807, 2.05) is 11.6 Å². The van der Waals surface area contributed by atoms with Gasteiger partial charge in [-0.3, -0.25) is 9.67 Å². The van der Waals surface area contributed by atoms with Gasteiger partial charge in [0, 0.05) is 30.3 Å². The van der Waals surface area contributed by atoms with Gasteiger partial charge in [0.05, 0.1) is 34.5 Å². The van der Waals surface area contributed by atoms with E-state index in [1.165, 1.54) is 12.1 Å². The number of carbonyl (C=O) groups excluding carboxylic acids is 1. The van der Waals surface area contributed by atoms with E-state index in [2.05, 4.69) is 10.1 Å². The molecule has 5 rings (SSSR count). The molecule has 1 aliphatic carbocycles. The molecule has 1 aliphatic heterocycles. The van der Waals surface area contributed by atoms with Crippen LogP contribution in [0.3, 0.4) is 0 Å². The second-order valence-electron chi connectivity index (χ2n) is 9.17. The third-order valence-corrected chi connectivity index (χ3v) is 7.59. The van der Waals surface area contributed by atoms with Gasteiger partial charge in [-0.2, -0.15) is 5.10 Å². The molecule has 2 fully saturated rings. The van der Waals surface area contributed by atoms with Gasteiger partial charge in [0.15, 0.2) is 9.84 Å². The molecule has 1 saturated carbocycles. The maximum absolute atomic E-state index is 14.6. The zero-order valence-corrected chi connectivity index (χ0v) is 19.3. The highest BCUT2D eigenvalue weighted by Gasteiger charge is 2.43. The molecule has 2 aliphatic rings. The van der Waals surface area contributed by atoms with Crippen molar-refractivity contribution >= 4 is 26.8 Å². The van der Waals surface area contributed by atoms with Crippen molar-refractivity contribution in [1.29, 1.82) is 0 Å². The Bertz CT molecular complexity index is 1340. The SMILES string of the molecule is CC1(OC(=O)N2CCC(n3ncc4cc(-c5ccc(S(C)(=O)=O)cc5F)ncc43)CC2)CC1. The average molecular weight is 473 g/mol. The van der Waals surface area contributed by atoms with E-state index in [0.29, 0.717) is 18.8 Å². The van der Waals surface area contributed by atoms with E-state index >= 15 is 0 Å². The number of hydrogen-bond donors (Lipinski definition) is 0. The van der Waals surface area contributed by atoms with Crippen molar-refractivity contribution in [2.24, 2.45) is 0 Å². The number of ether oxygens (including phenoxy) is 1. The van der Waals surface area contributed by atoms with Crippen LogP contribution in [0.2, 0.25) is 0 Å². The predicted octanol–water partition coefficient (Wildman–Crippen LogP) is 3.97. The normalized spacial score (nSPS) is 18.5. The Balaban J connectivity index is 1.33. The van der Waals surface area contributed by atoms with E-state index in [1.54, 1.807) is 23.4 Å². The van der Waals surface area contributed by atoms with Crippen molar-refractivity contribution in [3.8, 4) is 11.3 Å². The molecule has 10 heteroatoms. The molecule has 1 amide bonds. The fourth-order valence-electron chi connectivity index (χ4n) is 4.16. The molecule has 3 aromatic rings. The van der Waals surface area contributed by atoms with Crippen molar-refractivity contribution in [2.45, 2.75) is 49.1 Å². The van der Waals surface area contributed by atoms with Crippen LogP contribution in [0.4, 0.5) is 9.18 Å². The first-order chi connectivity index (χ1) is 15.6. The molecule has 0 atom stereocenters. The summed E-state index contributed by atoms with van der Waals surface area (Å²) in [4.78, 5) is 18.4. The second-order valence-corrected chi connectivity index (χ2v) is 11.2. The third-order valence-electron chi connectivity index (χ3n) is 6.48. The van der Waals surface area contributed by atoms with Gasteiger partial charge >= 0.3 is 6.09 Å². The number of benzene rings is 1. The highest BCUT2D eigenvalue weighted by Crippen LogP contribution is 2.39. The molecule has 0 radical (unpaired) electrons. The monoisotopic (exact) mass is 472 g/mol. The minimum atomic E-state index is -3.49. The topological polar surface area (TPSA) is 94.4 Å². The summed E-state index contributed by atoms with van der Waals surface area (Å²) in [6.45, 7) is 3.16. The molecule has 2 aromatic heterocycles. The number of amides is 1. The number of aromatic nitrogens is 3. The minimum Gasteiger partial charge on any atom is -0.443 e. The lowest BCUT2D eigenvalue weighted by Gasteiger charge is -2.32. The first-order valence-corrected chi connectivity index (χ1v) is 12.8. The predicted molar refractivity (Wildman–Crippen MR) is 120 cm³/mol. The molecule has 1 saturated heterocycles. The largest absolute Gasteiger partial charge is 0.443 e. The molecular weight excluding hydrogens is 447 g/mol. The molecule has 3 heterocycles. The van der Waals surface area contributed by atoms with Gasteiger partial charge in [0.1, 0.15) is 11.4 Å². The van der Waals surface area contributed by atoms with E-state index in [9.17, 15) is 17.6 Å². The fourth-order valence-corrected chi connectivity index (χ4v) is 4.80. The van der Waals surface area contributed by atoms with Crippen LogP contribution >= 0.6 is 0 Å². The Morgan fingerprint density at radius 1 is 1.18 bits per heavy atom. The molecule has 174 valence electrons. The molecule has 0 bridgehead atoms. The van der Waals surface area contributed by atoms with Gasteiger partial charge in [0.2, 0.25) is 0 Å². The molecule has 8 nitrogen and oxygen atoms in total. The van der Waals surface area contributed by atoms with E-state index in [-0.39, 0.29) is 28.2 Å². The highest BCUT2D eigenvalue weighted by molar-refractivity contribution is 7.90. The van der Waals surface area contributed by atoms with Crippen LogP contribution in [0, 0.1) is 5.82 Å². The maximum atomic E-state index is 14.6. The summed E-state index contributed by atoms with van der Waals surface area (Å²) >= 11 is 0. The van der Waals surface area contributed by atoms with Gasteiger partial charge in [0.25, 0.3) is 0 Å². The van der Waals surface area contributed by atoms with E-state index in [0.717, 1.165) is 48.9 Å². The minimum absolute atomic E-state index is 0.0703. The summed E-state index contributed by atoms with van der Waals surface area (Å²) in [7, 11) is -3.49. The summed E-state index contributed by atoms with van der Waals surface area (Å²) < 4.78 is 45.4. The Morgan fingerprint density at radius 2 is 1.91 bits per heavy atom. The van der Waals surface area contributed by atoms with Crippen molar-refractivity contribution in [3.05, 3.63) is 42.5 Å². The zero-order valence-electron chi connectivity index (χ0n) is 18.5. The molecule has 1 aromatic carbocycles. The zero-order chi connectivity index (χ0) is 23.4. The van der Waals surface area contributed by atoms with Crippen molar-refractivity contribution in [2.75, 3.05) is 19.3 Å². The van der Waals surface area contributed by atoms with E-state index in [4.69, 9.17) is 4.74 Å². The van der Waals surface area contributed by atoms with Gasteiger partial charge in [-0.1, -0.05) is 0 Å². The number of nitrogens with zero attached hydrogens (tertiary/aromatic N) is 4. The number of sulfone groups is 1. The fraction of sp³-hybridized carbons (Fsp3) is 0.435. The lowest BCUT2D eigenvalue weighted by Crippen LogP contribution is -2.41. The third kappa shape index (κ3) is 4.31. The van der Waals surface area contributed by atoms with Crippen molar-refractivity contribution in [3.63, 3.8) is 0 Å². The van der Waals surface area contributed by atoms with Crippen molar-refractivity contribution in [1.82, 2.24) is 19.7 Å². The quantitative estimate of drug-likeness (QED) is 0.570. The number of pyridine rings is 1. The van der Waals surface area contributed by atoms with Crippen LogP contribution in [-0.2, 0) is 14.6 Å². The molecule has 33 heavy (non-hydrogen) atoms. The summed E-state index contributed by atoms with van der Waals surface area (Å²) in [5.41, 5.74) is 1.19. The summed E-state index contributed by atoms with van der Waals surface area (Å²) in [5, 5.41) is 5.35. The van der Waals surface area contributed by atoms with Crippen LogP contribution in [0.25, 0.3) is 22.2 Å². The Labute approximate surface area is 191 Å². The van der Waals surface area contributed by atoms with Gasteiger partial charge in [-0.05, 0) is 56.9 Å². The Kier molecular flexibility index (Phi) is 5.15. The van der Waals surface area contributed by atoms with Crippen LogP contribution in [0.15, 0.2) is 41.6 Å². The number of likely N-dealkylation sites (tertiary alicyclic amines) is 1. The molecule has 0 spiro atoms. The highest BCUT2D eigenvalue weighted by atomic mass is 32.2. The number of rotatable bonds is 4. The standard InChI is InChI=1S/C23H25FN4O4S/c1-23(7-8-23)32-22(29)27-9-5-16(6-10-27)28-21-14-25-20(11-15(21)13-26-28)18-4-3-17(12-19(18)24)33(2,30)31/h3-4,11-14,16H,5-10H2,1-2H3. The number of piperidine rings is 1. The number of carbonyl (C=O) groups is 1. The van der Waals surface area contributed by atoms with Crippen LogP contribution in [-0.4, -0.2) is 59.1 Å². The molecule has 0 unspecified atom stereocenters. The van der Waals surface area contributed by atoms with E-state index < -0.39 is 15.7 Å². The van der Waals surface area contributed by atoms with Crippen LogP contribution in [0.1, 0.15) is 38.6 Å². The summed E-state index contributed by atoms with van der Waals surface area (Å²) in [6, 6.07) is 5.70. The smallest absolute Gasteiger partial charge is 0.410 e. The number of halogens is 1. The van der Waals surface area contributed by atoms with Crippen LogP contribution < -0.4 is 0 Å².